The Bertz CT molecular complexity index is 340. The van der Waals surface area contributed by atoms with Gasteiger partial charge in [-0.3, -0.25) is 0 Å². The summed E-state index contributed by atoms with van der Waals surface area (Å²) in [6, 6.07) is 0.774. The highest BCUT2D eigenvalue weighted by Crippen LogP contribution is 2.28. The van der Waals surface area contributed by atoms with Gasteiger partial charge in [-0.25, -0.2) is 4.99 Å². The molecule has 0 bridgehead atoms. The van der Waals surface area contributed by atoms with Gasteiger partial charge in [0.15, 0.2) is 11.5 Å². The largest absolute Gasteiger partial charge is 0.436 e. The van der Waals surface area contributed by atoms with E-state index in [-0.39, 0.29) is 12.3 Å². The van der Waals surface area contributed by atoms with Gasteiger partial charge in [0.2, 0.25) is 0 Å². The second-order valence-corrected chi connectivity index (χ2v) is 2.27. The molecule has 1 aromatic heterocycles. The normalized spacial score (nSPS) is 11.0. The Hall–Kier alpha value is -1.20. The smallest absolute Gasteiger partial charge is 0.359 e. The molecular formula is C6H3F3N2OS. The lowest BCUT2D eigenvalue weighted by molar-refractivity contribution is -0.142. The molecule has 0 saturated carbocycles. The Morgan fingerprint density at radius 1 is 1.62 bits per heavy atom. The van der Waals surface area contributed by atoms with Crippen molar-refractivity contribution in [1.82, 2.24) is 5.16 Å². The summed E-state index contributed by atoms with van der Waals surface area (Å²) in [7, 11) is 0. The molecule has 0 amide bonds. The summed E-state index contributed by atoms with van der Waals surface area (Å²) < 4.78 is 40.1. The molecule has 7 heteroatoms. The number of aliphatic imine (C=N–C) groups is 1. The monoisotopic (exact) mass is 208 g/mol. The second kappa shape index (κ2) is 3.68. The van der Waals surface area contributed by atoms with Crippen LogP contribution in [0.3, 0.4) is 0 Å². The van der Waals surface area contributed by atoms with Crippen molar-refractivity contribution in [1.29, 1.82) is 0 Å². The number of alkyl halides is 3. The van der Waals surface area contributed by atoms with Crippen molar-refractivity contribution in [2.45, 2.75) is 12.7 Å². The zero-order valence-electron chi connectivity index (χ0n) is 6.13. The molecule has 0 aromatic carbocycles. The van der Waals surface area contributed by atoms with Gasteiger partial charge in [0.1, 0.15) is 6.54 Å². The van der Waals surface area contributed by atoms with E-state index in [1.54, 1.807) is 0 Å². The average molecular weight is 208 g/mol. The first kappa shape index (κ1) is 9.88. The fourth-order valence-corrected chi connectivity index (χ4v) is 0.696. The third kappa shape index (κ3) is 2.64. The van der Waals surface area contributed by atoms with Gasteiger partial charge in [-0.2, -0.15) is 13.2 Å². The Kier molecular flexibility index (Phi) is 2.79. The molecular weight excluding hydrogens is 205 g/mol. The van der Waals surface area contributed by atoms with Crippen molar-refractivity contribution in [3.05, 3.63) is 17.5 Å². The van der Waals surface area contributed by atoms with Crippen molar-refractivity contribution in [3.63, 3.8) is 0 Å². The van der Waals surface area contributed by atoms with E-state index in [2.05, 4.69) is 26.9 Å². The Balaban J connectivity index is 2.80. The first-order valence-electron chi connectivity index (χ1n) is 3.10. The summed E-state index contributed by atoms with van der Waals surface area (Å²) in [6.45, 7) is -0.0768. The summed E-state index contributed by atoms with van der Waals surface area (Å²) in [5, 5.41) is 4.82. The number of nitrogens with zero attached hydrogens (tertiary/aromatic N) is 2. The number of hydrogen-bond acceptors (Lipinski definition) is 4. The van der Waals surface area contributed by atoms with Gasteiger partial charge >= 0.3 is 6.18 Å². The zero-order chi connectivity index (χ0) is 9.90. The predicted molar refractivity (Wildman–Crippen MR) is 40.2 cm³/mol. The lowest BCUT2D eigenvalue weighted by Crippen LogP contribution is -2.04. The van der Waals surface area contributed by atoms with Crippen LogP contribution in [0.15, 0.2) is 15.6 Å². The average Bonchev–Trinajstić information content (AvgIpc) is 2.47. The highest BCUT2D eigenvalue weighted by Gasteiger charge is 2.34. The van der Waals surface area contributed by atoms with E-state index in [1.807, 2.05) is 5.16 Å². The van der Waals surface area contributed by atoms with Gasteiger partial charge in [-0.1, -0.05) is 5.16 Å². The SMILES string of the molecule is FC(F)(F)c1cc(CN=C=S)on1. The van der Waals surface area contributed by atoms with Crippen LogP contribution < -0.4 is 0 Å². The summed E-state index contributed by atoms with van der Waals surface area (Å²) in [4.78, 5) is 3.40. The predicted octanol–water partition coefficient (Wildman–Crippen LogP) is 2.30. The molecule has 0 fully saturated rings. The Morgan fingerprint density at radius 3 is 2.77 bits per heavy atom. The topological polar surface area (TPSA) is 38.4 Å². The molecule has 0 radical (unpaired) electrons. The van der Waals surface area contributed by atoms with E-state index in [9.17, 15) is 13.2 Å². The van der Waals surface area contributed by atoms with Crippen molar-refractivity contribution in [2.75, 3.05) is 0 Å². The molecule has 0 atom stereocenters. The van der Waals surface area contributed by atoms with Gasteiger partial charge in [-0.15, -0.1) is 0 Å². The molecule has 0 aliphatic carbocycles. The van der Waals surface area contributed by atoms with Crippen LogP contribution in [0.2, 0.25) is 0 Å². The molecule has 0 unspecified atom stereocenters. The van der Waals surface area contributed by atoms with Gasteiger partial charge in [0.25, 0.3) is 0 Å². The third-order valence-corrected chi connectivity index (χ3v) is 1.28. The molecule has 0 spiro atoms. The fraction of sp³-hybridized carbons (Fsp3) is 0.333. The number of isothiocyanates is 1. The van der Waals surface area contributed by atoms with Crippen molar-refractivity contribution < 1.29 is 17.7 Å². The minimum absolute atomic E-state index is 0.00433. The van der Waals surface area contributed by atoms with E-state index in [0.717, 1.165) is 6.07 Å². The van der Waals surface area contributed by atoms with E-state index >= 15 is 0 Å². The maximum Gasteiger partial charge on any atom is 0.436 e. The molecule has 0 aliphatic rings. The van der Waals surface area contributed by atoms with Crippen molar-refractivity contribution in [3.8, 4) is 0 Å². The second-order valence-electron chi connectivity index (χ2n) is 2.08. The van der Waals surface area contributed by atoms with E-state index in [0.29, 0.717) is 0 Å². The highest BCUT2D eigenvalue weighted by molar-refractivity contribution is 7.78. The first-order valence-corrected chi connectivity index (χ1v) is 3.51. The number of rotatable bonds is 2. The molecule has 1 aromatic rings. The van der Waals surface area contributed by atoms with Crippen LogP contribution in [-0.4, -0.2) is 10.3 Å². The minimum atomic E-state index is -4.48. The van der Waals surface area contributed by atoms with Gasteiger partial charge in [-0.05, 0) is 12.2 Å². The van der Waals surface area contributed by atoms with Crippen LogP contribution in [-0.2, 0) is 12.7 Å². The zero-order valence-corrected chi connectivity index (χ0v) is 6.95. The van der Waals surface area contributed by atoms with Crippen molar-refractivity contribution >= 4 is 17.4 Å². The van der Waals surface area contributed by atoms with Gasteiger partial charge in [0, 0.05) is 6.07 Å². The molecule has 0 N–H and O–H groups in total. The quantitative estimate of drug-likeness (QED) is 0.552. The van der Waals surface area contributed by atoms with Crippen molar-refractivity contribution in [2.24, 2.45) is 4.99 Å². The van der Waals surface area contributed by atoms with E-state index < -0.39 is 11.9 Å². The minimum Gasteiger partial charge on any atom is -0.359 e. The molecule has 3 nitrogen and oxygen atoms in total. The maximum absolute atomic E-state index is 11.9. The highest BCUT2D eigenvalue weighted by atomic mass is 32.1. The fourth-order valence-electron chi connectivity index (χ4n) is 0.631. The molecule has 70 valence electrons. The third-order valence-electron chi connectivity index (χ3n) is 1.15. The Morgan fingerprint density at radius 2 is 2.31 bits per heavy atom. The van der Waals surface area contributed by atoms with E-state index in [1.165, 1.54) is 0 Å². The summed E-state index contributed by atoms with van der Waals surface area (Å²) in [5.74, 6) is 0.00433. The first-order chi connectivity index (χ1) is 6.04. The van der Waals surface area contributed by atoms with Crippen LogP contribution in [0.25, 0.3) is 0 Å². The van der Waals surface area contributed by atoms with Gasteiger partial charge in [0.05, 0.1) is 5.16 Å². The standard InChI is InChI=1S/C6H3F3N2OS/c7-6(8,9)5-1-4(12-11-5)2-10-3-13/h1H,2H2. The molecule has 13 heavy (non-hydrogen) atoms. The van der Waals surface area contributed by atoms with Crippen LogP contribution in [0.1, 0.15) is 11.5 Å². The van der Waals surface area contributed by atoms with Crippen LogP contribution in [0.4, 0.5) is 13.2 Å². The number of hydrogen-bond donors (Lipinski definition) is 0. The molecule has 1 heterocycles. The number of thiocarbonyl (C=S) groups is 1. The number of halogens is 3. The Labute approximate surface area is 76.2 Å². The molecule has 0 saturated heterocycles. The summed E-state index contributed by atoms with van der Waals surface area (Å²) in [5.41, 5.74) is -1.07. The summed E-state index contributed by atoms with van der Waals surface area (Å²) in [6.07, 6.45) is -4.48. The lowest BCUT2D eigenvalue weighted by atomic mass is 10.3. The summed E-state index contributed by atoms with van der Waals surface area (Å²) >= 11 is 4.23. The molecule has 0 aliphatic heterocycles. The van der Waals surface area contributed by atoms with Crippen LogP contribution in [0.5, 0.6) is 0 Å². The maximum atomic E-state index is 11.9. The molecule has 1 rings (SSSR count). The van der Waals surface area contributed by atoms with E-state index in [4.69, 9.17) is 0 Å². The van der Waals surface area contributed by atoms with Crippen LogP contribution >= 0.6 is 12.2 Å². The van der Waals surface area contributed by atoms with Crippen LogP contribution in [0, 0.1) is 0 Å². The number of aromatic nitrogens is 1. The lowest BCUT2D eigenvalue weighted by Gasteiger charge is -1.97. The van der Waals surface area contributed by atoms with Gasteiger partial charge < -0.3 is 4.52 Å².